The molecule has 0 fully saturated rings. The summed E-state index contributed by atoms with van der Waals surface area (Å²) in [5.41, 5.74) is 1.09. The van der Waals surface area contributed by atoms with Crippen LogP contribution in [0.25, 0.3) is 0 Å². The summed E-state index contributed by atoms with van der Waals surface area (Å²) in [6.45, 7) is 5.35. The molecule has 0 aliphatic heterocycles. The van der Waals surface area contributed by atoms with Crippen molar-refractivity contribution in [2.24, 2.45) is 0 Å². The minimum Gasteiger partial charge on any atom is -0.309 e. The van der Waals surface area contributed by atoms with Gasteiger partial charge in [-0.2, -0.15) is 0 Å². The van der Waals surface area contributed by atoms with E-state index in [1.54, 1.807) is 11.8 Å². The van der Waals surface area contributed by atoms with Crippen molar-refractivity contribution < 1.29 is 0 Å². The lowest BCUT2D eigenvalue weighted by Gasteiger charge is -2.13. The molecule has 0 amide bonds. The van der Waals surface area contributed by atoms with Crippen LogP contribution in [0.2, 0.25) is 0 Å². The van der Waals surface area contributed by atoms with E-state index in [0.29, 0.717) is 6.04 Å². The second-order valence-electron chi connectivity index (χ2n) is 4.63. The SMILES string of the molecule is CCCNC(C)c1ccc(Sc2ccccc2Br)cn1. The summed E-state index contributed by atoms with van der Waals surface area (Å²) >= 11 is 5.29. The van der Waals surface area contributed by atoms with Crippen LogP contribution in [0.4, 0.5) is 0 Å². The van der Waals surface area contributed by atoms with Crippen molar-refractivity contribution in [1.82, 2.24) is 10.3 Å². The van der Waals surface area contributed by atoms with Gasteiger partial charge in [0, 0.05) is 26.5 Å². The Hall–Kier alpha value is -0.840. The number of nitrogens with one attached hydrogen (secondary N) is 1. The molecule has 0 aliphatic carbocycles. The highest BCUT2D eigenvalue weighted by Gasteiger charge is 2.06. The lowest BCUT2D eigenvalue weighted by molar-refractivity contribution is 0.558. The van der Waals surface area contributed by atoms with Gasteiger partial charge in [-0.1, -0.05) is 30.8 Å². The van der Waals surface area contributed by atoms with Crippen molar-refractivity contribution in [2.45, 2.75) is 36.1 Å². The minimum absolute atomic E-state index is 0.303. The average molecular weight is 351 g/mol. The molecule has 1 aromatic heterocycles. The van der Waals surface area contributed by atoms with E-state index in [1.165, 1.54) is 4.90 Å². The normalized spacial score (nSPS) is 12.3. The summed E-state index contributed by atoms with van der Waals surface area (Å²) in [6, 6.07) is 12.8. The molecular weight excluding hydrogens is 332 g/mol. The van der Waals surface area contributed by atoms with Crippen LogP contribution in [0, 0.1) is 0 Å². The largest absolute Gasteiger partial charge is 0.309 e. The molecule has 0 saturated carbocycles. The Morgan fingerprint density at radius 1 is 1.25 bits per heavy atom. The second kappa shape index (κ2) is 7.81. The summed E-state index contributed by atoms with van der Waals surface area (Å²) in [5, 5.41) is 3.45. The molecule has 0 bridgehead atoms. The number of nitrogens with zero attached hydrogens (tertiary/aromatic N) is 1. The van der Waals surface area contributed by atoms with Gasteiger partial charge in [0.15, 0.2) is 0 Å². The zero-order valence-corrected chi connectivity index (χ0v) is 14.2. The van der Waals surface area contributed by atoms with E-state index >= 15 is 0 Å². The quantitative estimate of drug-likeness (QED) is 0.788. The van der Waals surface area contributed by atoms with Gasteiger partial charge in [-0.05, 0) is 60.1 Å². The van der Waals surface area contributed by atoms with Crippen molar-refractivity contribution >= 4 is 27.7 Å². The maximum atomic E-state index is 4.56. The van der Waals surface area contributed by atoms with Crippen LogP contribution in [-0.2, 0) is 0 Å². The lowest BCUT2D eigenvalue weighted by Crippen LogP contribution is -2.20. The molecule has 106 valence electrons. The van der Waals surface area contributed by atoms with Crippen LogP contribution < -0.4 is 5.32 Å². The first-order valence-electron chi connectivity index (χ1n) is 6.82. The number of pyridine rings is 1. The standard InChI is InChI=1S/C16H19BrN2S/c1-3-10-18-12(2)15-9-8-13(11-19-15)20-16-7-5-4-6-14(16)17/h4-9,11-12,18H,3,10H2,1-2H3. The monoisotopic (exact) mass is 350 g/mol. The number of rotatable bonds is 6. The van der Waals surface area contributed by atoms with Crippen molar-refractivity contribution in [2.75, 3.05) is 6.54 Å². The Morgan fingerprint density at radius 3 is 2.70 bits per heavy atom. The summed E-state index contributed by atoms with van der Waals surface area (Å²) < 4.78 is 1.12. The molecule has 1 heterocycles. The highest BCUT2D eigenvalue weighted by Crippen LogP contribution is 2.33. The molecule has 0 radical (unpaired) electrons. The predicted molar refractivity (Wildman–Crippen MR) is 89.2 cm³/mol. The number of halogens is 1. The fraction of sp³-hybridized carbons (Fsp3) is 0.312. The summed E-state index contributed by atoms with van der Waals surface area (Å²) in [5.74, 6) is 0. The van der Waals surface area contributed by atoms with Gasteiger partial charge in [-0.3, -0.25) is 4.98 Å². The molecule has 2 rings (SSSR count). The summed E-state index contributed by atoms with van der Waals surface area (Å²) in [4.78, 5) is 6.92. The minimum atomic E-state index is 0.303. The molecule has 0 spiro atoms. The fourth-order valence-electron chi connectivity index (χ4n) is 1.83. The maximum Gasteiger partial charge on any atom is 0.0571 e. The average Bonchev–Trinajstić information content (AvgIpc) is 2.48. The first kappa shape index (κ1) is 15.5. The van der Waals surface area contributed by atoms with Gasteiger partial charge in [0.1, 0.15) is 0 Å². The zero-order valence-electron chi connectivity index (χ0n) is 11.8. The fourth-order valence-corrected chi connectivity index (χ4v) is 3.16. The van der Waals surface area contributed by atoms with E-state index in [4.69, 9.17) is 0 Å². The number of hydrogen-bond acceptors (Lipinski definition) is 3. The van der Waals surface area contributed by atoms with Crippen LogP contribution in [0.1, 0.15) is 32.0 Å². The van der Waals surface area contributed by atoms with Crippen molar-refractivity contribution in [3.63, 3.8) is 0 Å². The molecule has 1 aromatic carbocycles. The third kappa shape index (κ3) is 4.33. The van der Waals surface area contributed by atoms with E-state index in [1.807, 2.05) is 18.3 Å². The Kier molecular flexibility index (Phi) is 6.07. The lowest BCUT2D eigenvalue weighted by atomic mass is 10.2. The molecule has 2 aromatic rings. The predicted octanol–water partition coefficient (Wildman–Crippen LogP) is 5.06. The second-order valence-corrected chi connectivity index (χ2v) is 6.60. The Morgan fingerprint density at radius 2 is 2.05 bits per heavy atom. The van der Waals surface area contributed by atoms with Crippen LogP contribution in [-0.4, -0.2) is 11.5 Å². The number of aromatic nitrogens is 1. The molecule has 4 heteroatoms. The van der Waals surface area contributed by atoms with Crippen molar-refractivity contribution in [3.05, 3.63) is 52.8 Å². The van der Waals surface area contributed by atoms with Crippen molar-refractivity contribution in [3.8, 4) is 0 Å². The summed E-state index contributed by atoms with van der Waals surface area (Å²) in [6.07, 6.45) is 3.09. The molecule has 0 saturated heterocycles. The smallest absolute Gasteiger partial charge is 0.0571 e. The third-order valence-electron chi connectivity index (χ3n) is 2.97. The molecule has 1 atom stereocenters. The molecule has 1 N–H and O–H groups in total. The van der Waals surface area contributed by atoms with Crippen LogP contribution in [0.5, 0.6) is 0 Å². The first-order valence-corrected chi connectivity index (χ1v) is 8.43. The highest BCUT2D eigenvalue weighted by atomic mass is 79.9. The van der Waals surface area contributed by atoms with Crippen molar-refractivity contribution in [1.29, 1.82) is 0 Å². The molecule has 2 nitrogen and oxygen atoms in total. The molecular formula is C16H19BrN2S. The summed E-state index contributed by atoms with van der Waals surface area (Å²) in [7, 11) is 0. The van der Waals surface area contributed by atoms with Gasteiger partial charge in [0.05, 0.1) is 5.69 Å². The van der Waals surface area contributed by atoms with Gasteiger partial charge in [-0.25, -0.2) is 0 Å². The van der Waals surface area contributed by atoms with Crippen LogP contribution in [0.15, 0.2) is 56.9 Å². The highest BCUT2D eigenvalue weighted by molar-refractivity contribution is 9.10. The van der Waals surface area contributed by atoms with Gasteiger partial charge >= 0.3 is 0 Å². The van der Waals surface area contributed by atoms with E-state index in [0.717, 1.165) is 28.0 Å². The topological polar surface area (TPSA) is 24.9 Å². The first-order chi connectivity index (χ1) is 9.70. The van der Waals surface area contributed by atoms with E-state index in [-0.39, 0.29) is 0 Å². The maximum absolute atomic E-state index is 4.56. The Bertz CT molecular complexity index is 542. The van der Waals surface area contributed by atoms with Crippen LogP contribution in [0.3, 0.4) is 0 Å². The van der Waals surface area contributed by atoms with Gasteiger partial charge in [0.25, 0.3) is 0 Å². The zero-order chi connectivity index (χ0) is 14.4. The molecule has 20 heavy (non-hydrogen) atoms. The van der Waals surface area contributed by atoms with Gasteiger partial charge in [-0.15, -0.1) is 0 Å². The van der Waals surface area contributed by atoms with E-state index < -0.39 is 0 Å². The van der Waals surface area contributed by atoms with Crippen LogP contribution >= 0.6 is 27.7 Å². The number of benzene rings is 1. The van der Waals surface area contributed by atoms with E-state index in [2.05, 4.69) is 64.3 Å². The third-order valence-corrected chi connectivity index (χ3v) is 4.97. The Balaban J connectivity index is 2.03. The Labute approximate surface area is 133 Å². The van der Waals surface area contributed by atoms with Gasteiger partial charge < -0.3 is 5.32 Å². The van der Waals surface area contributed by atoms with Gasteiger partial charge in [0.2, 0.25) is 0 Å². The molecule has 1 unspecified atom stereocenters. The molecule has 0 aliphatic rings. The van der Waals surface area contributed by atoms with E-state index in [9.17, 15) is 0 Å². The number of hydrogen-bond donors (Lipinski definition) is 1.